The van der Waals surface area contributed by atoms with Crippen molar-refractivity contribution in [3.8, 4) is 0 Å². The average Bonchev–Trinajstić information content (AvgIpc) is 2.05. The molecule has 0 amide bonds. The molecule has 0 spiro atoms. The van der Waals surface area contributed by atoms with Crippen LogP contribution in [0.5, 0.6) is 0 Å². The number of rotatable bonds is 2. The van der Waals surface area contributed by atoms with Crippen LogP contribution in [0.15, 0.2) is 12.1 Å². The zero-order chi connectivity index (χ0) is 8.27. The van der Waals surface area contributed by atoms with E-state index in [9.17, 15) is 0 Å². The van der Waals surface area contributed by atoms with E-state index in [2.05, 4.69) is 10.3 Å². The molecule has 0 saturated carbocycles. The van der Waals surface area contributed by atoms with Gasteiger partial charge in [-0.3, -0.25) is 0 Å². The fourth-order valence-electron chi connectivity index (χ4n) is 0.917. The van der Waals surface area contributed by atoms with E-state index in [1.54, 1.807) is 0 Å². The maximum absolute atomic E-state index is 5.48. The zero-order valence-electron chi connectivity index (χ0n) is 6.89. The van der Waals surface area contributed by atoms with Gasteiger partial charge in [0.15, 0.2) is 0 Å². The van der Waals surface area contributed by atoms with Gasteiger partial charge in [-0.2, -0.15) is 0 Å². The molecule has 0 aliphatic heterocycles. The van der Waals surface area contributed by atoms with Crippen molar-refractivity contribution in [2.24, 2.45) is 5.73 Å². The van der Waals surface area contributed by atoms with Gasteiger partial charge in [0.25, 0.3) is 0 Å². The van der Waals surface area contributed by atoms with Gasteiger partial charge in [-0.1, -0.05) is 6.07 Å². The second-order valence-corrected chi connectivity index (χ2v) is 2.41. The second kappa shape index (κ2) is 3.34. The molecule has 1 heterocycles. The lowest BCUT2D eigenvalue weighted by Gasteiger charge is -2.04. The van der Waals surface area contributed by atoms with Crippen LogP contribution < -0.4 is 11.1 Å². The smallest absolute Gasteiger partial charge is 0.126 e. The Labute approximate surface area is 66.6 Å². The van der Waals surface area contributed by atoms with E-state index in [1.807, 2.05) is 26.1 Å². The number of nitrogens with two attached hydrogens (primary N) is 1. The van der Waals surface area contributed by atoms with Gasteiger partial charge in [0, 0.05) is 13.6 Å². The number of aryl methyl sites for hydroxylation is 1. The van der Waals surface area contributed by atoms with Crippen molar-refractivity contribution in [3.63, 3.8) is 0 Å². The Hall–Kier alpha value is -1.09. The fourth-order valence-corrected chi connectivity index (χ4v) is 0.917. The minimum atomic E-state index is 0.501. The molecule has 0 saturated heterocycles. The third kappa shape index (κ3) is 1.68. The molecule has 0 aliphatic rings. The highest BCUT2D eigenvalue weighted by atomic mass is 15.0. The highest BCUT2D eigenvalue weighted by molar-refractivity contribution is 5.37. The van der Waals surface area contributed by atoms with Crippen molar-refractivity contribution < 1.29 is 0 Å². The predicted molar refractivity (Wildman–Crippen MR) is 46.4 cm³/mol. The lowest BCUT2D eigenvalue weighted by atomic mass is 10.2. The summed E-state index contributed by atoms with van der Waals surface area (Å²) in [5.41, 5.74) is 7.58. The van der Waals surface area contributed by atoms with Gasteiger partial charge >= 0.3 is 0 Å². The van der Waals surface area contributed by atoms with E-state index in [0.29, 0.717) is 6.54 Å². The SMILES string of the molecule is CNc1ccc(C)c(CN)n1. The standard InChI is InChI=1S/C8H13N3/c1-6-3-4-8(10-2)11-7(6)5-9/h3-4H,5,9H2,1-2H3,(H,10,11). The van der Waals surface area contributed by atoms with Crippen molar-refractivity contribution in [2.45, 2.75) is 13.5 Å². The maximum atomic E-state index is 5.48. The van der Waals surface area contributed by atoms with Crippen molar-refractivity contribution in [1.29, 1.82) is 0 Å². The van der Waals surface area contributed by atoms with E-state index < -0.39 is 0 Å². The summed E-state index contributed by atoms with van der Waals surface area (Å²) in [7, 11) is 1.85. The summed E-state index contributed by atoms with van der Waals surface area (Å²) >= 11 is 0. The first-order valence-corrected chi connectivity index (χ1v) is 3.62. The molecule has 1 aromatic rings. The molecule has 60 valence electrons. The first-order valence-electron chi connectivity index (χ1n) is 3.62. The van der Waals surface area contributed by atoms with Crippen LogP contribution >= 0.6 is 0 Å². The molecule has 0 aliphatic carbocycles. The molecule has 3 heteroatoms. The Balaban J connectivity index is 3.02. The van der Waals surface area contributed by atoms with Crippen LogP contribution in [-0.4, -0.2) is 12.0 Å². The highest BCUT2D eigenvalue weighted by Gasteiger charge is 1.97. The molecular weight excluding hydrogens is 138 g/mol. The summed E-state index contributed by atoms with van der Waals surface area (Å²) in [6.07, 6.45) is 0. The third-order valence-corrected chi connectivity index (χ3v) is 1.65. The van der Waals surface area contributed by atoms with Crippen LogP contribution in [0.25, 0.3) is 0 Å². The van der Waals surface area contributed by atoms with E-state index in [0.717, 1.165) is 17.1 Å². The Morgan fingerprint density at radius 2 is 2.27 bits per heavy atom. The lowest BCUT2D eigenvalue weighted by Crippen LogP contribution is -2.04. The number of hydrogen-bond acceptors (Lipinski definition) is 3. The Kier molecular flexibility index (Phi) is 2.44. The highest BCUT2D eigenvalue weighted by Crippen LogP contribution is 2.08. The largest absolute Gasteiger partial charge is 0.373 e. The number of pyridine rings is 1. The Morgan fingerprint density at radius 3 is 2.82 bits per heavy atom. The second-order valence-electron chi connectivity index (χ2n) is 2.41. The molecular formula is C8H13N3. The van der Waals surface area contributed by atoms with Gasteiger partial charge in [0.2, 0.25) is 0 Å². The molecule has 1 aromatic heterocycles. The summed E-state index contributed by atoms with van der Waals surface area (Å²) in [5, 5.41) is 2.96. The number of aromatic nitrogens is 1. The van der Waals surface area contributed by atoms with Crippen LogP contribution in [0.4, 0.5) is 5.82 Å². The maximum Gasteiger partial charge on any atom is 0.126 e. The quantitative estimate of drug-likeness (QED) is 0.660. The third-order valence-electron chi connectivity index (χ3n) is 1.65. The topological polar surface area (TPSA) is 50.9 Å². The first-order chi connectivity index (χ1) is 5.27. The minimum Gasteiger partial charge on any atom is -0.373 e. The monoisotopic (exact) mass is 151 g/mol. The average molecular weight is 151 g/mol. The van der Waals surface area contributed by atoms with E-state index >= 15 is 0 Å². The molecule has 0 radical (unpaired) electrons. The van der Waals surface area contributed by atoms with Gasteiger partial charge in [-0.15, -0.1) is 0 Å². The summed E-state index contributed by atoms with van der Waals surface area (Å²) < 4.78 is 0. The molecule has 0 atom stereocenters. The van der Waals surface area contributed by atoms with Crippen molar-refractivity contribution in [1.82, 2.24) is 4.98 Å². The van der Waals surface area contributed by atoms with E-state index in [-0.39, 0.29) is 0 Å². The molecule has 0 unspecified atom stereocenters. The molecule has 0 bridgehead atoms. The van der Waals surface area contributed by atoms with Crippen LogP contribution in [-0.2, 0) is 6.54 Å². The number of hydrogen-bond donors (Lipinski definition) is 2. The van der Waals surface area contributed by atoms with E-state index in [1.165, 1.54) is 0 Å². The molecule has 3 nitrogen and oxygen atoms in total. The summed E-state index contributed by atoms with van der Waals surface area (Å²) in [6, 6.07) is 3.95. The lowest BCUT2D eigenvalue weighted by molar-refractivity contribution is 0.970. The van der Waals surface area contributed by atoms with Gasteiger partial charge in [-0.05, 0) is 18.6 Å². The van der Waals surface area contributed by atoms with Crippen LogP contribution in [0.1, 0.15) is 11.3 Å². The minimum absolute atomic E-state index is 0.501. The molecule has 11 heavy (non-hydrogen) atoms. The fraction of sp³-hybridized carbons (Fsp3) is 0.375. The van der Waals surface area contributed by atoms with Gasteiger partial charge in [-0.25, -0.2) is 4.98 Å². The van der Waals surface area contributed by atoms with Crippen LogP contribution in [0.3, 0.4) is 0 Å². The van der Waals surface area contributed by atoms with Gasteiger partial charge in [0.1, 0.15) is 5.82 Å². The number of nitrogens with zero attached hydrogens (tertiary/aromatic N) is 1. The van der Waals surface area contributed by atoms with Crippen molar-refractivity contribution in [2.75, 3.05) is 12.4 Å². The Bertz CT molecular complexity index is 245. The zero-order valence-corrected chi connectivity index (χ0v) is 6.89. The summed E-state index contributed by atoms with van der Waals surface area (Å²) in [6.45, 7) is 2.51. The number of nitrogens with one attached hydrogen (secondary N) is 1. The van der Waals surface area contributed by atoms with Gasteiger partial charge < -0.3 is 11.1 Å². The molecule has 0 aromatic carbocycles. The summed E-state index contributed by atoms with van der Waals surface area (Å²) in [4.78, 5) is 4.27. The summed E-state index contributed by atoms with van der Waals surface area (Å²) in [5.74, 6) is 0.871. The molecule has 3 N–H and O–H groups in total. The van der Waals surface area contributed by atoms with Crippen molar-refractivity contribution in [3.05, 3.63) is 23.4 Å². The van der Waals surface area contributed by atoms with Crippen molar-refractivity contribution >= 4 is 5.82 Å². The van der Waals surface area contributed by atoms with Crippen LogP contribution in [0.2, 0.25) is 0 Å². The normalized spacial score (nSPS) is 9.73. The van der Waals surface area contributed by atoms with E-state index in [4.69, 9.17) is 5.73 Å². The predicted octanol–water partition coefficient (Wildman–Crippen LogP) is 0.890. The Morgan fingerprint density at radius 1 is 1.55 bits per heavy atom. The van der Waals surface area contributed by atoms with Gasteiger partial charge in [0.05, 0.1) is 5.69 Å². The molecule has 1 rings (SSSR count). The first kappa shape index (κ1) is 8.01. The number of anilines is 1. The van der Waals surface area contributed by atoms with Crippen LogP contribution in [0, 0.1) is 6.92 Å². The molecule has 0 fully saturated rings.